The Morgan fingerprint density at radius 1 is 1.15 bits per heavy atom. The molecular weight excluding hydrogens is 357 g/mol. The number of benzene rings is 1. The van der Waals surface area contributed by atoms with E-state index in [2.05, 4.69) is 10.1 Å². The zero-order chi connectivity index (χ0) is 18.7. The van der Waals surface area contributed by atoms with Crippen molar-refractivity contribution in [3.63, 3.8) is 0 Å². The number of aromatic nitrogens is 1. The molecule has 1 aliphatic heterocycles. The minimum absolute atomic E-state index is 0.164. The smallest absolute Gasteiger partial charge is 0.248 e. The van der Waals surface area contributed by atoms with E-state index in [1.165, 1.54) is 10.4 Å². The molecule has 0 aliphatic carbocycles. The van der Waals surface area contributed by atoms with Crippen LogP contribution in [0.25, 0.3) is 0 Å². The van der Waals surface area contributed by atoms with Crippen LogP contribution in [0.15, 0.2) is 33.7 Å². The maximum absolute atomic E-state index is 13.6. The zero-order valence-corrected chi connectivity index (χ0v) is 15.9. The second-order valence-corrected chi connectivity index (χ2v) is 8.47. The fourth-order valence-electron chi connectivity index (χ4n) is 3.36. The first-order valence-corrected chi connectivity index (χ1v) is 10.2. The van der Waals surface area contributed by atoms with E-state index in [1.807, 2.05) is 12.1 Å². The van der Waals surface area contributed by atoms with Crippen molar-refractivity contribution in [3.8, 4) is 0 Å². The molecule has 0 atom stereocenters. The van der Waals surface area contributed by atoms with E-state index in [9.17, 15) is 12.8 Å². The van der Waals surface area contributed by atoms with Crippen LogP contribution < -0.4 is 0 Å². The van der Waals surface area contributed by atoms with Crippen LogP contribution in [0.3, 0.4) is 0 Å². The molecule has 1 aromatic carbocycles. The Hall–Kier alpha value is -1.77. The third-order valence-electron chi connectivity index (χ3n) is 4.78. The van der Waals surface area contributed by atoms with E-state index in [1.54, 1.807) is 19.9 Å². The molecule has 0 N–H and O–H groups in total. The molecule has 8 heteroatoms. The Kier molecular flexibility index (Phi) is 5.74. The third kappa shape index (κ3) is 3.97. The van der Waals surface area contributed by atoms with Crippen LogP contribution >= 0.6 is 0 Å². The lowest BCUT2D eigenvalue weighted by atomic mass is 10.1. The molecular formula is C18H24FN3O3S. The summed E-state index contributed by atoms with van der Waals surface area (Å²) < 4.78 is 45.7. The Labute approximate surface area is 153 Å². The van der Waals surface area contributed by atoms with Crippen LogP contribution in [-0.2, 0) is 16.4 Å². The maximum atomic E-state index is 13.6. The summed E-state index contributed by atoms with van der Waals surface area (Å²) in [6.45, 7) is 6.29. The largest absolute Gasteiger partial charge is 0.360 e. The van der Waals surface area contributed by atoms with Gasteiger partial charge in [0.1, 0.15) is 16.4 Å². The summed E-state index contributed by atoms with van der Waals surface area (Å²) in [6.07, 6.45) is 1.53. The van der Waals surface area contributed by atoms with Crippen LogP contribution in [0, 0.1) is 19.7 Å². The Morgan fingerprint density at radius 2 is 1.85 bits per heavy atom. The minimum Gasteiger partial charge on any atom is -0.360 e. The predicted molar refractivity (Wildman–Crippen MR) is 95.9 cm³/mol. The normalized spacial score (nSPS) is 16.9. The fourth-order valence-corrected chi connectivity index (χ4v) is 5.07. The van der Waals surface area contributed by atoms with Gasteiger partial charge in [0.15, 0.2) is 5.76 Å². The first-order valence-electron chi connectivity index (χ1n) is 8.78. The maximum Gasteiger partial charge on any atom is 0.248 e. The SMILES string of the molecule is Cc1noc(C)c1S(=O)(=O)N1CCN(CCCc2ccccc2F)CC1. The molecule has 0 saturated carbocycles. The standard InChI is InChI=1S/C18H24FN3O3S/c1-14-18(15(2)25-20-14)26(23,24)22-12-10-21(11-13-22)9-5-7-16-6-3-4-8-17(16)19/h3-4,6,8H,5,7,9-13H2,1-2H3. The van der Waals surface area contributed by atoms with Crippen LogP contribution in [-0.4, -0.2) is 55.5 Å². The van der Waals surface area contributed by atoms with Gasteiger partial charge in [0.05, 0.1) is 0 Å². The average molecular weight is 381 g/mol. The Morgan fingerprint density at radius 3 is 2.46 bits per heavy atom. The van der Waals surface area contributed by atoms with E-state index >= 15 is 0 Å². The molecule has 6 nitrogen and oxygen atoms in total. The van der Waals surface area contributed by atoms with Gasteiger partial charge in [0, 0.05) is 26.2 Å². The number of hydrogen-bond donors (Lipinski definition) is 0. The number of rotatable bonds is 6. The second-order valence-electron chi connectivity index (χ2n) is 6.59. The minimum atomic E-state index is -3.57. The molecule has 26 heavy (non-hydrogen) atoms. The van der Waals surface area contributed by atoms with Gasteiger partial charge in [-0.1, -0.05) is 23.4 Å². The second kappa shape index (κ2) is 7.85. The first kappa shape index (κ1) is 19.0. The van der Waals surface area contributed by atoms with Crippen molar-refractivity contribution >= 4 is 10.0 Å². The molecule has 0 unspecified atom stereocenters. The number of nitrogens with zero attached hydrogens (tertiary/aromatic N) is 3. The van der Waals surface area contributed by atoms with Gasteiger partial charge in [-0.3, -0.25) is 0 Å². The van der Waals surface area contributed by atoms with Gasteiger partial charge < -0.3 is 9.42 Å². The van der Waals surface area contributed by atoms with Gasteiger partial charge in [-0.25, -0.2) is 12.8 Å². The summed E-state index contributed by atoms with van der Waals surface area (Å²) in [5.74, 6) is 0.165. The summed E-state index contributed by atoms with van der Waals surface area (Å²) in [5, 5.41) is 3.75. The Balaban J connectivity index is 1.52. The molecule has 0 bridgehead atoms. The Bertz CT molecular complexity index is 839. The molecule has 142 valence electrons. The van der Waals surface area contributed by atoms with Crippen LogP contribution in [0.4, 0.5) is 4.39 Å². The zero-order valence-electron chi connectivity index (χ0n) is 15.1. The topological polar surface area (TPSA) is 66.7 Å². The number of piperazine rings is 1. The van der Waals surface area contributed by atoms with Gasteiger partial charge >= 0.3 is 0 Å². The lowest BCUT2D eigenvalue weighted by Crippen LogP contribution is -2.48. The van der Waals surface area contributed by atoms with Gasteiger partial charge in [0.2, 0.25) is 10.0 Å². The lowest BCUT2D eigenvalue weighted by Gasteiger charge is -2.33. The van der Waals surface area contributed by atoms with Gasteiger partial charge in [-0.2, -0.15) is 4.31 Å². The number of sulfonamides is 1. The van der Waals surface area contributed by atoms with Crippen molar-refractivity contribution in [3.05, 3.63) is 47.1 Å². The molecule has 0 spiro atoms. The highest BCUT2D eigenvalue weighted by molar-refractivity contribution is 7.89. The molecule has 1 saturated heterocycles. The van der Waals surface area contributed by atoms with E-state index < -0.39 is 10.0 Å². The molecule has 1 aliphatic rings. The van der Waals surface area contributed by atoms with E-state index in [4.69, 9.17) is 4.52 Å². The van der Waals surface area contributed by atoms with Crippen LogP contribution in [0.2, 0.25) is 0 Å². The monoisotopic (exact) mass is 381 g/mol. The summed E-state index contributed by atoms with van der Waals surface area (Å²) in [4.78, 5) is 2.41. The highest BCUT2D eigenvalue weighted by Crippen LogP contribution is 2.24. The molecule has 2 aromatic rings. The summed E-state index contributed by atoms with van der Waals surface area (Å²) in [5.41, 5.74) is 1.13. The van der Waals surface area contributed by atoms with E-state index in [0.29, 0.717) is 44.1 Å². The van der Waals surface area contributed by atoms with Gasteiger partial charge in [-0.05, 0) is 44.9 Å². The summed E-state index contributed by atoms with van der Waals surface area (Å²) in [6, 6.07) is 6.82. The van der Waals surface area contributed by atoms with Crippen molar-refractivity contribution in [2.24, 2.45) is 0 Å². The van der Waals surface area contributed by atoms with Gasteiger partial charge in [-0.15, -0.1) is 0 Å². The molecule has 0 amide bonds. The summed E-state index contributed by atoms with van der Waals surface area (Å²) in [7, 11) is -3.57. The van der Waals surface area contributed by atoms with E-state index in [-0.39, 0.29) is 10.7 Å². The highest BCUT2D eigenvalue weighted by Gasteiger charge is 2.33. The van der Waals surface area contributed by atoms with Crippen molar-refractivity contribution in [2.75, 3.05) is 32.7 Å². The highest BCUT2D eigenvalue weighted by atomic mass is 32.2. The first-order chi connectivity index (χ1) is 12.4. The van der Waals surface area contributed by atoms with Crippen molar-refractivity contribution in [1.82, 2.24) is 14.4 Å². The fraction of sp³-hybridized carbons (Fsp3) is 0.500. The average Bonchev–Trinajstić information content (AvgIpc) is 2.96. The molecule has 1 aromatic heterocycles. The molecule has 3 rings (SSSR count). The van der Waals surface area contributed by atoms with Crippen molar-refractivity contribution < 1.29 is 17.3 Å². The van der Waals surface area contributed by atoms with Crippen LogP contribution in [0.1, 0.15) is 23.4 Å². The molecule has 2 heterocycles. The molecule has 0 radical (unpaired) electrons. The van der Waals surface area contributed by atoms with E-state index in [0.717, 1.165) is 18.5 Å². The predicted octanol–water partition coefficient (Wildman–Crippen LogP) is 2.37. The van der Waals surface area contributed by atoms with Gasteiger partial charge in [0.25, 0.3) is 0 Å². The quantitative estimate of drug-likeness (QED) is 0.769. The van der Waals surface area contributed by atoms with Crippen LogP contribution in [0.5, 0.6) is 0 Å². The number of hydrogen-bond acceptors (Lipinski definition) is 5. The molecule has 1 fully saturated rings. The lowest BCUT2D eigenvalue weighted by molar-refractivity contribution is 0.186. The van der Waals surface area contributed by atoms with Crippen molar-refractivity contribution in [1.29, 1.82) is 0 Å². The third-order valence-corrected chi connectivity index (χ3v) is 6.92. The number of aryl methyl sites for hydroxylation is 3. The van der Waals surface area contributed by atoms with Crippen molar-refractivity contribution in [2.45, 2.75) is 31.6 Å². The number of halogens is 1. The summed E-state index contributed by atoms with van der Waals surface area (Å²) >= 11 is 0.